The molecule has 1 fully saturated rings. The minimum atomic E-state index is -0.328. The molecule has 0 aromatic heterocycles. The van der Waals surface area contributed by atoms with Gasteiger partial charge in [-0.3, -0.25) is 0 Å². The molecule has 16 heavy (non-hydrogen) atoms. The van der Waals surface area contributed by atoms with Gasteiger partial charge in [0.05, 0.1) is 13.7 Å². The lowest BCUT2D eigenvalue weighted by Gasteiger charge is -2.29. The van der Waals surface area contributed by atoms with E-state index >= 15 is 0 Å². The van der Waals surface area contributed by atoms with Crippen LogP contribution < -0.4 is 10.1 Å². The van der Waals surface area contributed by atoms with Crippen molar-refractivity contribution in [2.75, 3.05) is 5.32 Å². The highest BCUT2D eigenvalue weighted by molar-refractivity contribution is 14.1. The SMILES string of the molecule is Fc1cc2c(c(Br)c1I)OC1(CC1)C(=S)N2. The standard InChI is InChI=1S/C10H6BrFINOS/c11-6-7(13)4(12)3-5-8(6)15-10(1-2-10)9(16)14-5/h3H,1-2H2,(H,14,16). The molecule has 1 aromatic rings. The number of nitrogens with one attached hydrogen (secondary N) is 1. The number of anilines is 1. The smallest absolute Gasteiger partial charge is 0.159 e. The Bertz CT molecular complexity index is 518. The van der Waals surface area contributed by atoms with E-state index in [1.807, 2.05) is 22.6 Å². The van der Waals surface area contributed by atoms with Crippen LogP contribution in [0.5, 0.6) is 5.75 Å². The molecule has 0 amide bonds. The Morgan fingerprint density at radius 3 is 2.88 bits per heavy atom. The Morgan fingerprint density at radius 2 is 2.25 bits per heavy atom. The summed E-state index contributed by atoms with van der Waals surface area (Å²) >= 11 is 10.5. The summed E-state index contributed by atoms with van der Waals surface area (Å²) in [5.74, 6) is 0.383. The normalized spacial score (nSPS) is 20.1. The van der Waals surface area contributed by atoms with Gasteiger partial charge in [0.1, 0.15) is 10.8 Å². The molecule has 3 rings (SSSR count). The summed E-state index contributed by atoms with van der Waals surface area (Å²) in [4.78, 5) is 0.660. The largest absolute Gasteiger partial charge is 0.477 e. The van der Waals surface area contributed by atoms with Crippen molar-refractivity contribution in [1.82, 2.24) is 0 Å². The lowest BCUT2D eigenvalue weighted by Crippen LogP contribution is -2.38. The van der Waals surface area contributed by atoms with Crippen molar-refractivity contribution >= 4 is 61.4 Å². The molecule has 2 aliphatic rings. The first kappa shape index (κ1) is 11.2. The molecule has 0 atom stereocenters. The zero-order valence-electron chi connectivity index (χ0n) is 7.94. The van der Waals surface area contributed by atoms with Crippen molar-refractivity contribution in [2.24, 2.45) is 0 Å². The molecular formula is C10H6BrFINOS. The highest BCUT2D eigenvalue weighted by Crippen LogP contribution is 2.50. The van der Waals surface area contributed by atoms with Crippen molar-refractivity contribution in [3.8, 4) is 5.75 Å². The second-order valence-electron chi connectivity index (χ2n) is 3.91. The molecule has 0 saturated heterocycles. The van der Waals surface area contributed by atoms with Crippen LogP contribution in [0.25, 0.3) is 0 Å². The molecule has 0 bridgehead atoms. The molecule has 1 saturated carbocycles. The number of ether oxygens (including phenoxy) is 1. The number of halogens is 3. The molecule has 2 nitrogen and oxygen atoms in total. The average molecular weight is 414 g/mol. The van der Waals surface area contributed by atoms with E-state index in [0.29, 0.717) is 24.5 Å². The van der Waals surface area contributed by atoms with E-state index in [-0.39, 0.29) is 11.4 Å². The molecule has 1 N–H and O–H groups in total. The molecule has 1 aliphatic carbocycles. The van der Waals surface area contributed by atoms with Crippen molar-refractivity contribution < 1.29 is 9.13 Å². The van der Waals surface area contributed by atoms with Crippen LogP contribution in [0.2, 0.25) is 0 Å². The van der Waals surface area contributed by atoms with Gasteiger partial charge in [0.25, 0.3) is 0 Å². The Hall–Kier alpha value is 0.0500. The van der Waals surface area contributed by atoms with Crippen molar-refractivity contribution in [3.63, 3.8) is 0 Å². The summed E-state index contributed by atoms with van der Waals surface area (Å²) in [6, 6.07) is 1.42. The van der Waals surface area contributed by atoms with E-state index in [2.05, 4.69) is 21.2 Å². The second kappa shape index (κ2) is 3.52. The maximum Gasteiger partial charge on any atom is 0.159 e. The lowest BCUT2D eigenvalue weighted by molar-refractivity contribution is 0.245. The Morgan fingerprint density at radius 1 is 1.56 bits per heavy atom. The summed E-state index contributed by atoms with van der Waals surface area (Å²) in [7, 11) is 0. The van der Waals surface area contributed by atoms with Crippen molar-refractivity contribution in [1.29, 1.82) is 0 Å². The maximum atomic E-state index is 13.5. The minimum Gasteiger partial charge on any atom is -0.477 e. The summed E-state index contributed by atoms with van der Waals surface area (Å²) in [5.41, 5.74) is 0.276. The first-order chi connectivity index (χ1) is 7.53. The van der Waals surface area contributed by atoms with Crippen LogP contribution >= 0.6 is 50.7 Å². The maximum absolute atomic E-state index is 13.5. The van der Waals surface area contributed by atoms with Crippen LogP contribution in [0.1, 0.15) is 12.8 Å². The van der Waals surface area contributed by atoms with E-state index in [4.69, 9.17) is 17.0 Å². The Balaban J connectivity index is 2.16. The number of hydrogen-bond donors (Lipinski definition) is 1. The molecule has 1 spiro atoms. The summed E-state index contributed by atoms with van der Waals surface area (Å²) in [6.45, 7) is 0. The van der Waals surface area contributed by atoms with Crippen LogP contribution in [0.15, 0.2) is 10.5 Å². The molecule has 1 aliphatic heterocycles. The third-order valence-electron chi connectivity index (χ3n) is 2.78. The van der Waals surface area contributed by atoms with Crippen LogP contribution in [-0.4, -0.2) is 10.6 Å². The second-order valence-corrected chi connectivity index (χ2v) is 6.19. The number of thiocarbonyl (C=S) groups is 1. The van der Waals surface area contributed by atoms with Crippen molar-refractivity contribution in [2.45, 2.75) is 18.4 Å². The van der Waals surface area contributed by atoms with Crippen LogP contribution in [0.3, 0.4) is 0 Å². The predicted octanol–water partition coefficient (Wildman–Crippen LogP) is 3.86. The monoisotopic (exact) mass is 413 g/mol. The van der Waals surface area contributed by atoms with Gasteiger partial charge in [-0.25, -0.2) is 4.39 Å². The van der Waals surface area contributed by atoms with Gasteiger partial charge in [-0.2, -0.15) is 0 Å². The fraction of sp³-hybridized carbons (Fsp3) is 0.300. The summed E-state index contributed by atoms with van der Waals surface area (Å²) in [6.07, 6.45) is 1.86. The Kier molecular flexibility index (Phi) is 2.46. The highest BCUT2D eigenvalue weighted by atomic mass is 127. The predicted molar refractivity (Wildman–Crippen MR) is 75.6 cm³/mol. The van der Waals surface area contributed by atoms with Gasteiger partial charge in [-0.15, -0.1) is 0 Å². The van der Waals surface area contributed by atoms with Crippen LogP contribution in [-0.2, 0) is 0 Å². The molecule has 0 radical (unpaired) electrons. The van der Waals surface area contributed by atoms with Gasteiger partial charge in [0.2, 0.25) is 0 Å². The van der Waals surface area contributed by atoms with Crippen LogP contribution in [0.4, 0.5) is 10.1 Å². The fourth-order valence-electron chi connectivity index (χ4n) is 1.69. The third-order valence-corrected chi connectivity index (χ3v) is 5.81. The highest BCUT2D eigenvalue weighted by Gasteiger charge is 2.53. The van der Waals surface area contributed by atoms with E-state index in [0.717, 1.165) is 12.8 Å². The van der Waals surface area contributed by atoms with Gasteiger partial charge in [-0.05, 0) is 51.4 Å². The average Bonchev–Trinajstić information content (AvgIpc) is 3.00. The van der Waals surface area contributed by atoms with E-state index in [1.165, 1.54) is 6.07 Å². The molecule has 1 aromatic carbocycles. The number of benzene rings is 1. The van der Waals surface area contributed by atoms with Gasteiger partial charge < -0.3 is 10.1 Å². The van der Waals surface area contributed by atoms with Gasteiger partial charge in [0, 0.05) is 6.07 Å². The van der Waals surface area contributed by atoms with Gasteiger partial charge >= 0.3 is 0 Å². The summed E-state index contributed by atoms with van der Waals surface area (Å²) < 4.78 is 20.6. The lowest BCUT2D eigenvalue weighted by atomic mass is 10.2. The third kappa shape index (κ3) is 1.49. The molecule has 1 heterocycles. The van der Waals surface area contributed by atoms with Crippen LogP contribution in [0, 0.1) is 9.39 Å². The van der Waals surface area contributed by atoms with E-state index in [9.17, 15) is 4.39 Å². The first-order valence-corrected chi connectivity index (χ1v) is 6.99. The van der Waals surface area contributed by atoms with E-state index < -0.39 is 0 Å². The fourth-order valence-corrected chi connectivity index (χ4v) is 2.93. The molecule has 0 unspecified atom stereocenters. The van der Waals surface area contributed by atoms with Crippen molar-refractivity contribution in [3.05, 3.63) is 19.9 Å². The van der Waals surface area contributed by atoms with E-state index in [1.54, 1.807) is 0 Å². The first-order valence-electron chi connectivity index (χ1n) is 4.71. The number of hydrogen-bond acceptors (Lipinski definition) is 2. The number of fused-ring (bicyclic) bond motifs is 1. The molecule has 6 heteroatoms. The molecule has 84 valence electrons. The molecular weight excluding hydrogens is 408 g/mol. The summed E-state index contributed by atoms with van der Waals surface area (Å²) in [5, 5.41) is 3.05. The minimum absolute atomic E-state index is 0.281. The number of rotatable bonds is 0. The van der Waals surface area contributed by atoms with Gasteiger partial charge in [0.15, 0.2) is 11.4 Å². The Labute approximate surface area is 119 Å². The zero-order valence-corrected chi connectivity index (χ0v) is 12.5. The quantitative estimate of drug-likeness (QED) is 0.396. The van der Waals surface area contributed by atoms with Gasteiger partial charge in [-0.1, -0.05) is 12.2 Å². The zero-order chi connectivity index (χ0) is 11.5. The topological polar surface area (TPSA) is 21.3 Å².